The van der Waals surface area contributed by atoms with Crippen molar-refractivity contribution in [1.29, 1.82) is 5.26 Å². The molecular formula is C17H20FN. The van der Waals surface area contributed by atoms with E-state index in [1.165, 1.54) is 31.2 Å². The highest BCUT2D eigenvalue weighted by atomic mass is 19.1. The molecule has 0 aromatic heterocycles. The Morgan fingerprint density at radius 1 is 1.11 bits per heavy atom. The van der Waals surface area contributed by atoms with Crippen molar-refractivity contribution in [2.45, 2.75) is 38.0 Å². The van der Waals surface area contributed by atoms with E-state index in [4.69, 9.17) is 5.26 Å². The van der Waals surface area contributed by atoms with Crippen LogP contribution in [-0.4, -0.2) is 6.67 Å². The third-order valence-corrected chi connectivity index (χ3v) is 4.08. The third kappa shape index (κ3) is 3.92. The number of alkyl halides is 1. The highest BCUT2D eigenvalue weighted by Gasteiger charge is 2.21. The summed E-state index contributed by atoms with van der Waals surface area (Å²) in [5, 5.41) is 8.79. The van der Waals surface area contributed by atoms with Crippen LogP contribution in [0.25, 0.3) is 0 Å². The van der Waals surface area contributed by atoms with Crippen molar-refractivity contribution >= 4 is 0 Å². The van der Waals surface area contributed by atoms with E-state index >= 15 is 0 Å². The molecule has 0 spiro atoms. The second-order valence-corrected chi connectivity index (χ2v) is 5.31. The van der Waals surface area contributed by atoms with Gasteiger partial charge in [-0.3, -0.25) is 0 Å². The van der Waals surface area contributed by atoms with Gasteiger partial charge in [-0.1, -0.05) is 24.3 Å². The lowest BCUT2D eigenvalue weighted by molar-refractivity contribution is 0.328. The van der Waals surface area contributed by atoms with Gasteiger partial charge in [0.05, 0.1) is 11.6 Å². The minimum Gasteiger partial charge on any atom is -0.247 e. The minimum atomic E-state index is -0.347. The molecule has 0 bridgehead atoms. The van der Waals surface area contributed by atoms with Crippen LogP contribution in [0.4, 0.5) is 4.39 Å². The number of hydrogen-bond acceptors (Lipinski definition) is 1. The van der Waals surface area contributed by atoms with Crippen molar-refractivity contribution in [1.82, 2.24) is 0 Å². The van der Waals surface area contributed by atoms with Crippen molar-refractivity contribution in [2.24, 2.45) is 5.92 Å². The number of benzene rings is 1. The van der Waals surface area contributed by atoms with Crippen LogP contribution >= 0.6 is 0 Å². The lowest BCUT2D eigenvalue weighted by Crippen LogP contribution is -2.12. The second kappa shape index (κ2) is 7.09. The predicted octanol–water partition coefficient (Wildman–Crippen LogP) is 4.75. The van der Waals surface area contributed by atoms with E-state index in [1.807, 2.05) is 18.2 Å². The quantitative estimate of drug-likeness (QED) is 0.714. The Morgan fingerprint density at radius 3 is 2.37 bits per heavy atom. The Morgan fingerprint density at radius 2 is 1.79 bits per heavy atom. The maximum Gasteiger partial charge on any atom is 0.108 e. The van der Waals surface area contributed by atoms with Crippen LogP contribution in [0.15, 0.2) is 36.4 Å². The number of nitrogens with zero attached hydrogens (tertiary/aromatic N) is 1. The molecule has 0 N–H and O–H groups in total. The first-order valence-corrected chi connectivity index (χ1v) is 7.04. The minimum absolute atomic E-state index is 0.347. The maximum atomic E-state index is 12.0. The molecule has 0 aliphatic heterocycles. The van der Waals surface area contributed by atoms with Gasteiger partial charge in [0.25, 0.3) is 0 Å². The molecule has 0 amide bonds. The molecule has 0 radical (unpaired) electrons. The van der Waals surface area contributed by atoms with Crippen LogP contribution in [0.5, 0.6) is 0 Å². The van der Waals surface area contributed by atoms with Crippen molar-refractivity contribution < 1.29 is 4.39 Å². The van der Waals surface area contributed by atoms with Gasteiger partial charge in [0, 0.05) is 0 Å². The van der Waals surface area contributed by atoms with Gasteiger partial charge in [0.2, 0.25) is 0 Å². The molecule has 0 atom stereocenters. The summed E-state index contributed by atoms with van der Waals surface area (Å²) in [6.45, 7) is -0.347. The zero-order valence-electron chi connectivity index (χ0n) is 11.2. The average Bonchev–Trinajstić information content (AvgIpc) is 2.48. The van der Waals surface area contributed by atoms with E-state index in [0.29, 0.717) is 5.92 Å². The fourth-order valence-electron chi connectivity index (χ4n) is 2.91. The van der Waals surface area contributed by atoms with Crippen molar-refractivity contribution in [3.05, 3.63) is 47.5 Å². The Bertz CT molecular complexity index is 447. The summed E-state index contributed by atoms with van der Waals surface area (Å²) in [7, 11) is 0. The fourth-order valence-corrected chi connectivity index (χ4v) is 2.91. The summed E-state index contributed by atoms with van der Waals surface area (Å²) < 4.78 is 12.0. The molecule has 0 saturated heterocycles. The molecule has 2 rings (SSSR count). The first-order valence-electron chi connectivity index (χ1n) is 7.04. The summed E-state index contributed by atoms with van der Waals surface area (Å²) in [6, 6.07) is 10.2. The highest BCUT2D eigenvalue weighted by Crippen LogP contribution is 2.37. The third-order valence-electron chi connectivity index (χ3n) is 4.08. The van der Waals surface area contributed by atoms with Crippen molar-refractivity contribution in [3.63, 3.8) is 0 Å². The Hall–Kier alpha value is -1.62. The van der Waals surface area contributed by atoms with Gasteiger partial charge < -0.3 is 0 Å². The SMILES string of the molecule is N#Cc1ccc(C2CCC(CC=CCF)CC2)cc1. The van der Waals surface area contributed by atoms with Crippen LogP contribution in [0.3, 0.4) is 0 Å². The van der Waals surface area contributed by atoms with Gasteiger partial charge in [-0.15, -0.1) is 0 Å². The standard InChI is InChI=1S/C17H20FN/c18-12-2-1-3-14-4-8-16(9-5-14)17-10-6-15(13-19)7-11-17/h1-2,6-7,10-11,14,16H,3-5,8-9,12H2. The molecule has 0 unspecified atom stereocenters. The van der Waals surface area contributed by atoms with Crippen LogP contribution in [0.1, 0.15) is 49.1 Å². The summed E-state index contributed by atoms with van der Waals surface area (Å²) >= 11 is 0. The number of rotatable bonds is 4. The van der Waals surface area contributed by atoms with Crippen LogP contribution in [0, 0.1) is 17.2 Å². The van der Waals surface area contributed by atoms with Gasteiger partial charge in [-0.25, -0.2) is 4.39 Å². The Kier molecular flexibility index (Phi) is 5.15. The highest BCUT2D eigenvalue weighted by molar-refractivity contribution is 5.33. The summed E-state index contributed by atoms with van der Waals surface area (Å²) in [5.41, 5.74) is 2.09. The molecular weight excluding hydrogens is 237 g/mol. The predicted molar refractivity (Wildman–Crippen MR) is 75.6 cm³/mol. The van der Waals surface area contributed by atoms with Crippen LogP contribution in [0.2, 0.25) is 0 Å². The van der Waals surface area contributed by atoms with Gasteiger partial charge in [0.1, 0.15) is 6.67 Å². The molecule has 1 nitrogen and oxygen atoms in total. The van der Waals surface area contributed by atoms with Crippen LogP contribution < -0.4 is 0 Å². The smallest absolute Gasteiger partial charge is 0.108 e. The van der Waals surface area contributed by atoms with Gasteiger partial charge >= 0.3 is 0 Å². The van der Waals surface area contributed by atoms with E-state index in [9.17, 15) is 4.39 Å². The molecule has 1 aromatic rings. The molecule has 1 aromatic carbocycles. The first kappa shape index (κ1) is 13.8. The lowest BCUT2D eigenvalue weighted by Gasteiger charge is -2.28. The van der Waals surface area contributed by atoms with E-state index < -0.39 is 0 Å². The molecule has 1 fully saturated rings. The van der Waals surface area contributed by atoms with Crippen molar-refractivity contribution in [2.75, 3.05) is 6.67 Å². The number of allylic oxidation sites excluding steroid dienone is 2. The van der Waals surface area contributed by atoms with E-state index in [-0.39, 0.29) is 6.67 Å². The van der Waals surface area contributed by atoms with Gasteiger partial charge in [-0.05, 0) is 61.6 Å². The Labute approximate surface area is 114 Å². The monoisotopic (exact) mass is 257 g/mol. The zero-order chi connectivity index (χ0) is 13.5. The molecule has 19 heavy (non-hydrogen) atoms. The lowest BCUT2D eigenvalue weighted by atomic mass is 9.77. The summed E-state index contributed by atoms with van der Waals surface area (Å²) in [4.78, 5) is 0. The van der Waals surface area contributed by atoms with E-state index in [2.05, 4.69) is 18.2 Å². The van der Waals surface area contributed by atoms with Crippen LogP contribution in [-0.2, 0) is 0 Å². The zero-order valence-corrected chi connectivity index (χ0v) is 11.2. The van der Waals surface area contributed by atoms with Gasteiger partial charge in [-0.2, -0.15) is 5.26 Å². The molecule has 1 saturated carbocycles. The van der Waals surface area contributed by atoms with E-state index in [1.54, 1.807) is 6.08 Å². The fraction of sp³-hybridized carbons (Fsp3) is 0.471. The topological polar surface area (TPSA) is 23.8 Å². The molecule has 1 aliphatic rings. The first-order chi connectivity index (χ1) is 9.33. The van der Waals surface area contributed by atoms with E-state index in [0.717, 1.165) is 17.9 Å². The Balaban J connectivity index is 1.85. The molecule has 100 valence electrons. The normalized spacial score (nSPS) is 23.4. The molecule has 0 heterocycles. The van der Waals surface area contributed by atoms with Gasteiger partial charge in [0.15, 0.2) is 0 Å². The average molecular weight is 257 g/mol. The molecule has 2 heteroatoms. The largest absolute Gasteiger partial charge is 0.247 e. The maximum absolute atomic E-state index is 12.0. The van der Waals surface area contributed by atoms with Crippen molar-refractivity contribution in [3.8, 4) is 6.07 Å². The summed E-state index contributed by atoms with van der Waals surface area (Å²) in [6.07, 6.45) is 9.48. The summed E-state index contributed by atoms with van der Waals surface area (Å²) in [5.74, 6) is 1.35. The molecule has 1 aliphatic carbocycles. The number of halogens is 1. The number of nitriles is 1. The number of hydrogen-bond donors (Lipinski definition) is 0. The second-order valence-electron chi connectivity index (χ2n) is 5.31.